The van der Waals surface area contributed by atoms with Crippen molar-refractivity contribution in [2.45, 2.75) is 12.6 Å². The largest absolute Gasteiger partial charge is 0.486 e. The number of benzene rings is 2. The molecule has 1 heterocycles. The number of carbonyl (C=O) groups excluding carboxylic acids is 1. The lowest BCUT2D eigenvalue weighted by Crippen LogP contribution is -2.37. The molecule has 132 valence electrons. The zero-order valence-electron chi connectivity index (χ0n) is 14.9. The highest BCUT2D eigenvalue weighted by molar-refractivity contribution is 5.82. The van der Waals surface area contributed by atoms with Crippen molar-refractivity contribution in [2.24, 2.45) is 0 Å². The number of carbonyl (C=O) groups is 1. The van der Waals surface area contributed by atoms with Gasteiger partial charge in [0.15, 0.2) is 11.5 Å². The molecule has 0 unspecified atom stereocenters. The van der Waals surface area contributed by atoms with Gasteiger partial charge in [-0.1, -0.05) is 36.4 Å². The summed E-state index contributed by atoms with van der Waals surface area (Å²) >= 11 is 0. The second-order valence-corrected chi connectivity index (χ2v) is 6.44. The molecule has 0 fully saturated rings. The van der Waals surface area contributed by atoms with Gasteiger partial charge in [0.2, 0.25) is 5.91 Å². The van der Waals surface area contributed by atoms with Crippen molar-refractivity contribution >= 4 is 5.91 Å². The smallest absolute Gasteiger partial charge is 0.244 e. The maximum Gasteiger partial charge on any atom is 0.244 e. The number of fused-ring (bicyclic) bond motifs is 1. The zero-order valence-corrected chi connectivity index (χ0v) is 14.9. The van der Waals surface area contributed by atoms with Crippen LogP contribution in [0.4, 0.5) is 0 Å². The van der Waals surface area contributed by atoms with Gasteiger partial charge in [-0.3, -0.25) is 9.69 Å². The second kappa shape index (κ2) is 7.57. The summed E-state index contributed by atoms with van der Waals surface area (Å²) in [4.78, 5) is 16.4. The lowest BCUT2D eigenvalue weighted by molar-refractivity contribution is -0.134. The van der Waals surface area contributed by atoms with Crippen LogP contribution in [-0.4, -0.2) is 50.1 Å². The zero-order chi connectivity index (χ0) is 17.8. The third-order valence-corrected chi connectivity index (χ3v) is 4.27. The van der Waals surface area contributed by atoms with Gasteiger partial charge >= 0.3 is 0 Å². The Labute approximate surface area is 148 Å². The first kappa shape index (κ1) is 17.3. The summed E-state index contributed by atoms with van der Waals surface area (Å²) in [5.41, 5.74) is 2.07. The van der Waals surface area contributed by atoms with Gasteiger partial charge in [-0.05, 0) is 30.3 Å². The Morgan fingerprint density at radius 3 is 2.36 bits per heavy atom. The van der Waals surface area contributed by atoms with Gasteiger partial charge in [-0.25, -0.2) is 0 Å². The molecule has 1 atom stereocenters. The fourth-order valence-electron chi connectivity index (χ4n) is 3.03. The molecule has 5 nitrogen and oxygen atoms in total. The number of nitrogens with zero attached hydrogens (tertiary/aromatic N) is 2. The molecule has 2 aromatic carbocycles. The van der Waals surface area contributed by atoms with Gasteiger partial charge in [0.1, 0.15) is 19.3 Å². The molecule has 0 N–H and O–H groups in total. The summed E-state index contributed by atoms with van der Waals surface area (Å²) in [6.45, 7) is 1.79. The van der Waals surface area contributed by atoms with Crippen LogP contribution >= 0.6 is 0 Å². The first-order chi connectivity index (χ1) is 12.1. The van der Waals surface area contributed by atoms with Gasteiger partial charge in [0, 0.05) is 20.6 Å². The predicted molar refractivity (Wildman–Crippen MR) is 96.8 cm³/mol. The summed E-state index contributed by atoms with van der Waals surface area (Å²) in [6.07, 6.45) is 0. The standard InChI is InChI=1S/C20H24N2O3/c1-21(2)20(23)19(16-7-5-4-6-8-16)22(3)14-15-9-10-17-18(13-15)25-12-11-24-17/h4-10,13,19H,11-12,14H2,1-3H3/t19-/m0/s1. The van der Waals surface area contributed by atoms with Crippen LogP contribution in [0.5, 0.6) is 11.5 Å². The molecule has 3 rings (SSSR count). The minimum Gasteiger partial charge on any atom is -0.486 e. The van der Waals surface area contributed by atoms with Crippen molar-refractivity contribution in [3.63, 3.8) is 0 Å². The fourth-order valence-corrected chi connectivity index (χ4v) is 3.03. The average molecular weight is 340 g/mol. The molecule has 0 saturated heterocycles. The SMILES string of the molecule is CN(C)C(=O)[C@H](c1ccccc1)N(C)Cc1ccc2c(c1)OCCO2. The Kier molecular flexibility index (Phi) is 5.24. The quantitative estimate of drug-likeness (QED) is 0.839. The van der Waals surface area contributed by atoms with Crippen LogP contribution in [-0.2, 0) is 11.3 Å². The summed E-state index contributed by atoms with van der Waals surface area (Å²) in [6, 6.07) is 15.5. The first-order valence-corrected chi connectivity index (χ1v) is 8.41. The average Bonchev–Trinajstić information content (AvgIpc) is 2.62. The van der Waals surface area contributed by atoms with E-state index >= 15 is 0 Å². The van der Waals surface area contributed by atoms with Crippen LogP contribution in [0.2, 0.25) is 0 Å². The van der Waals surface area contributed by atoms with E-state index in [1.54, 1.807) is 19.0 Å². The Morgan fingerprint density at radius 2 is 1.68 bits per heavy atom. The van der Waals surface area contributed by atoms with Gasteiger partial charge < -0.3 is 14.4 Å². The van der Waals surface area contributed by atoms with E-state index in [4.69, 9.17) is 9.47 Å². The monoisotopic (exact) mass is 340 g/mol. The lowest BCUT2D eigenvalue weighted by atomic mass is 10.0. The highest BCUT2D eigenvalue weighted by Gasteiger charge is 2.26. The molecule has 0 aromatic heterocycles. The molecule has 0 aliphatic carbocycles. The molecular weight excluding hydrogens is 316 g/mol. The van der Waals surface area contributed by atoms with E-state index in [-0.39, 0.29) is 11.9 Å². The van der Waals surface area contributed by atoms with Crippen molar-refractivity contribution in [1.29, 1.82) is 0 Å². The Morgan fingerprint density at radius 1 is 1.00 bits per heavy atom. The van der Waals surface area contributed by atoms with E-state index < -0.39 is 0 Å². The molecule has 1 aliphatic rings. The van der Waals surface area contributed by atoms with E-state index in [0.29, 0.717) is 19.8 Å². The van der Waals surface area contributed by atoms with E-state index in [1.807, 2.05) is 55.6 Å². The number of likely N-dealkylation sites (N-methyl/N-ethyl adjacent to an activating group) is 2. The second-order valence-electron chi connectivity index (χ2n) is 6.44. The fraction of sp³-hybridized carbons (Fsp3) is 0.350. The molecule has 0 bridgehead atoms. The molecule has 0 saturated carbocycles. The Hall–Kier alpha value is -2.53. The van der Waals surface area contributed by atoms with Crippen LogP contribution in [0.15, 0.2) is 48.5 Å². The first-order valence-electron chi connectivity index (χ1n) is 8.41. The number of hydrogen-bond acceptors (Lipinski definition) is 4. The lowest BCUT2D eigenvalue weighted by Gasteiger charge is -2.30. The van der Waals surface area contributed by atoms with Crippen molar-refractivity contribution in [3.8, 4) is 11.5 Å². The van der Waals surface area contributed by atoms with Crippen LogP contribution in [0.3, 0.4) is 0 Å². The molecule has 0 spiro atoms. The predicted octanol–water partition coefficient (Wildman–Crippen LogP) is 2.72. The van der Waals surface area contributed by atoms with Crippen LogP contribution in [0.1, 0.15) is 17.2 Å². The van der Waals surface area contributed by atoms with Gasteiger partial charge in [-0.2, -0.15) is 0 Å². The van der Waals surface area contributed by atoms with Crippen molar-refractivity contribution in [2.75, 3.05) is 34.4 Å². The number of hydrogen-bond donors (Lipinski definition) is 0. The maximum atomic E-state index is 12.7. The molecule has 25 heavy (non-hydrogen) atoms. The van der Waals surface area contributed by atoms with Gasteiger partial charge in [0.05, 0.1) is 0 Å². The maximum absolute atomic E-state index is 12.7. The van der Waals surface area contributed by atoms with Crippen molar-refractivity contribution in [1.82, 2.24) is 9.80 Å². The van der Waals surface area contributed by atoms with E-state index in [0.717, 1.165) is 22.6 Å². The number of rotatable bonds is 5. The summed E-state index contributed by atoms with van der Waals surface area (Å²) in [5.74, 6) is 1.61. The number of amides is 1. The highest BCUT2D eigenvalue weighted by atomic mass is 16.6. The molecule has 5 heteroatoms. The van der Waals surface area contributed by atoms with E-state index in [9.17, 15) is 4.79 Å². The number of ether oxygens (including phenoxy) is 2. The molecule has 2 aromatic rings. The van der Waals surface area contributed by atoms with E-state index in [1.165, 1.54) is 0 Å². The topological polar surface area (TPSA) is 42.0 Å². The normalized spacial score (nSPS) is 14.2. The van der Waals surface area contributed by atoms with Crippen LogP contribution < -0.4 is 9.47 Å². The van der Waals surface area contributed by atoms with Crippen molar-refractivity contribution in [3.05, 3.63) is 59.7 Å². The molecule has 0 radical (unpaired) electrons. The Balaban J connectivity index is 1.83. The molecule has 1 aliphatic heterocycles. The minimum atomic E-state index is -0.329. The van der Waals surface area contributed by atoms with Crippen molar-refractivity contribution < 1.29 is 14.3 Å². The van der Waals surface area contributed by atoms with E-state index in [2.05, 4.69) is 4.90 Å². The third kappa shape index (κ3) is 3.94. The van der Waals surface area contributed by atoms with Gasteiger partial charge in [-0.15, -0.1) is 0 Å². The minimum absolute atomic E-state index is 0.0613. The molecule has 1 amide bonds. The van der Waals surface area contributed by atoms with Gasteiger partial charge in [0.25, 0.3) is 0 Å². The summed E-state index contributed by atoms with van der Waals surface area (Å²) in [7, 11) is 5.54. The Bertz CT molecular complexity index is 731. The molecular formula is C20H24N2O3. The highest BCUT2D eigenvalue weighted by Crippen LogP contribution is 2.32. The summed E-state index contributed by atoms with van der Waals surface area (Å²) < 4.78 is 11.2. The van der Waals surface area contributed by atoms with Crippen LogP contribution in [0.25, 0.3) is 0 Å². The summed E-state index contributed by atoms with van der Waals surface area (Å²) in [5, 5.41) is 0. The third-order valence-electron chi connectivity index (χ3n) is 4.27. The van der Waals surface area contributed by atoms with Crippen LogP contribution in [0, 0.1) is 0 Å².